The Kier molecular flexibility index (Phi) is 7.67. The molecule has 1 saturated carbocycles. The summed E-state index contributed by atoms with van der Waals surface area (Å²) in [5.41, 5.74) is 6.27. The summed E-state index contributed by atoms with van der Waals surface area (Å²) < 4.78 is 8.32. The van der Waals surface area contributed by atoms with Gasteiger partial charge in [0.05, 0.1) is 30.5 Å². The zero-order valence-corrected chi connectivity index (χ0v) is 23.5. The molecule has 4 aromatic rings. The molecule has 0 aliphatic heterocycles. The van der Waals surface area contributed by atoms with Crippen molar-refractivity contribution in [3.05, 3.63) is 107 Å². The quantitative estimate of drug-likeness (QED) is 0.219. The van der Waals surface area contributed by atoms with E-state index in [1.807, 2.05) is 64.4 Å². The molecule has 1 amide bonds. The van der Waals surface area contributed by atoms with Crippen LogP contribution in [0.2, 0.25) is 0 Å². The number of carbonyl (C=O) groups excluding carboxylic acids is 1. The molecule has 2 aliphatic rings. The van der Waals surface area contributed by atoms with Gasteiger partial charge in [-0.15, -0.1) is 0 Å². The number of aromatic nitrogens is 3. The first kappa shape index (κ1) is 26.3. The van der Waals surface area contributed by atoms with Crippen LogP contribution in [0.1, 0.15) is 79.3 Å². The summed E-state index contributed by atoms with van der Waals surface area (Å²) in [7, 11) is 0. The van der Waals surface area contributed by atoms with Gasteiger partial charge in [-0.25, -0.2) is 0 Å². The lowest BCUT2D eigenvalue weighted by atomic mass is 9.81. The van der Waals surface area contributed by atoms with Crippen molar-refractivity contribution < 1.29 is 9.53 Å². The number of carbonyl (C=O) groups is 1. The van der Waals surface area contributed by atoms with E-state index in [2.05, 4.69) is 43.3 Å². The zero-order chi connectivity index (χ0) is 27.5. The highest BCUT2D eigenvalue weighted by molar-refractivity contribution is 5.98. The van der Waals surface area contributed by atoms with Gasteiger partial charge in [0.1, 0.15) is 12.4 Å². The van der Waals surface area contributed by atoms with Crippen LogP contribution >= 0.6 is 0 Å². The van der Waals surface area contributed by atoms with Crippen LogP contribution in [0.3, 0.4) is 0 Å². The van der Waals surface area contributed by atoms with Crippen LogP contribution in [0, 0.1) is 5.92 Å². The van der Waals surface area contributed by atoms with Gasteiger partial charge < -0.3 is 9.64 Å². The van der Waals surface area contributed by atoms with Crippen LogP contribution in [0.4, 0.5) is 5.69 Å². The fourth-order valence-electron chi connectivity index (χ4n) is 5.66. The number of fused-ring (bicyclic) bond motifs is 1. The average Bonchev–Trinajstić information content (AvgIpc) is 3.70. The van der Waals surface area contributed by atoms with Gasteiger partial charge >= 0.3 is 0 Å². The van der Waals surface area contributed by atoms with Crippen molar-refractivity contribution in [1.29, 1.82) is 0 Å². The number of pyridine rings is 1. The van der Waals surface area contributed by atoms with Crippen LogP contribution in [0.25, 0.3) is 0 Å². The zero-order valence-electron chi connectivity index (χ0n) is 23.5. The summed E-state index contributed by atoms with van der Waals surface area (Å²) in [4.78, 5) is 21.0. The van der Waals surface area contributed by atoms with Gasteiger partial charge in [0, 0.05) is 24.0 Å². The molecule has 1 atom stereocenters. The Labute approximate surface area is 237 Å². The number of amides is 1. The summed E-state index contributed by atoms with van der Waals surface area (Å²) in [6.07, 6.45) is 11.1. The van der Waals surface area contributed by atoms with Crippen molar-refractivity contribution in [3.8, 4) is 5.75 Å². The third-order valence-electron chi connectivity index (χ3n) is 8.11. The fraction of sp³-hybridized carbons (Fsp3) is 0.382. The Morgan fingerprint density at radius 2 is 1.85 bits per heavy atom. The highest BCUT2D eigenvalue weighted by Crippen LogP contribution is 2.39. The van der Waals surface area contributed by atoms with Gasteiger partial charge in [-0.05, 0) is 78.8 Å². The molecule has 0 spiro atoms. The van der Waals surface area contributed by atoms with Crippen LogP contribution in [-0.4, -0.2) is 20.7 Å². The van der Waals surface area contributed by atoms with Crippen molar-refractivity contribution >= 4 is 11.6 Å². The normalized spacial score (nSPS) is 16.5. The largest absolute Gasteiger partial charge is 0.489 e. The van der Waals surface area contributed by atoms with Gasteiger partial charge in [-0.2, -0.15) is 5.10 Å². The Hall–Kier alpha value is -3.93. The van der Waals surface area contributed by atoms with Crippen LogP contribution in [-0.2, 0) is 30.9 Å². The molecule has 6 heteroatoms. The SMILES string of the molecule is CC(C)c1ccc(N(Cc2cnn(CC3CC3)c2)C(=O)C2CCCc3c(OCc4ccccc4)cccc32)cn1. The van der Waals surface area contributed by atoms with E-state index in [0.29, 0.717) is 19.1 Å². The lowest BCUT2D eigenvalue weighted by Crippen LogP contribution is -2.36. The first-order valence-electron chi connectivity index (χ1n) is 14.6. The molecule has 0 saturated heterocycles. The first-order valence-corrected chi connectivity index (χ1v) is 14.6. The molecule has 0 N–H and O–H groups in total. The molecule has 1 fully saturated rings. The van der Waals surface area contributed by atoms with E-state index in [9.17, 15) is 4.79 Å². The van der Waals surface area contributed by atoms with Crippen molar-refractivity contribution in [2.75, 3.05) is 4.90 Å². The Bertz CT molecular complexity index is 1440. The lowest BCUT2D eigenvalue weighted by Gasteiger charge is -2.31. The fourth-order valence-corrected chi connectivity index (χ4v) is 5.66. The second-order valence-corrected chi connectivity index (χ2v) is 11.6. The number of hydrogen-bond acceptors (Lipinski definition) is 4. The van der Waals surface area contributed by atoms with E-state index in [1.54, 1.807) is 0 Å². The summed E-state index contributed by atoms with van der Waals surface area (Å²) >= 11 is 0. The van der Waals surface area contributed by atoms with Crippen molar-refractivity contribution in [2.45, 2.75) is 77.5 Å². The van der Waals surface area contributed by atoms with Crippen LogP contribution in [0.15, 0.2) is 79.3 Å². The molecule has 206 valence electrons. The molecule has 0 radical (unpaired) electrons. The number of benzene rings is 2. The maximum Gasteiger partial charge on any atom is 0.234 e. The Balaban J connectivity index is 1.28. The molecule has 1 unspecified atom stereocenters. The topological polar surface area (TPSA) is 60.2 Å². The molecule has 6 nitrogen and oxygen atoms in total. The molecule has 40 heavy (non-hydrogen) atoms. The molecule has 2 heterocycles. The maximum atomic E-state index is 14.4. The summed E-state index contributed by atoms with van der Waals surface area (Å²) in [5.74, 6) is 1.84. The smallest absolute Gasteiger partial charge is 0.234 e. The second kappa shape index (κ2) is 11.7. The number of anilines is 1. The van der Waals surface area contributed by atoms with Gasteiger partial charge in [0.2, 0.25) is 5.91 Å². The molecule has 2 aromatic heterocycles. The minimum atomic E-state index is -0.227. The predicted molar refractivity (Wildman–Crippen MR) is 157 cm³/mol. The minimum absolute atomic E-state index is 0.107. The van der Waals surface area contributed by atoms with Crippen LogP contribution < -0.4 is 9.64 Å². The molecule has 2 aliphatic carbocycles. The number of ether oxygens (including phenoxy) is 1. The van der Waals surface area contributed by atoms with E-state index in [4.69, 9.17) is 9.72 Å². The average molecular weight is 535 g/mol. The Morgan fingerprint density at radius 1 is 1.00 bits per heavy atom. The van der Waals surface area contributed by atoms with Crippen molar-refractivity contribution in [1.82, 2.24) is 14.8 Å². The maximum absolute atomic E-state index is 14.4. The lowest BCUT2D eigenvalue weighted by molar-refractivity contribution is -0.120. The van der Waals surface area contributed by atoms with Gasteiger partial charge in [-0.3, -0.25) is 14.5 Å². The molecule has 2 aromatic carbocycles. The van der Waals surface area contributed by atoms with Gasteiger partial charge in [0.25, 0.3) is 0 Å². The number of rotatable bonds is 10. The van der Waals surface area contributed by atoms with Crippen molar-refractivity contribution in [2.24, 2.45) is 5.92 Å². The summed E-state index contributed by atoms with van der Waals surface area (Å²) in [6, 6.07) is 20.5. The molecule has 6 rings (SSSR count). The monoisotopic (exact) mass is 534 g/mol. The van der Waals surface area contributed by atoms with E-state index < -0.39 is 0 Å². The molecular formula is C34H38N4O2. The van der Waals surface area contributed by atoms with Crippen molar-refractivity contribution in [3.63, 3.8) is 0 Å². The summed E-state index contributed by atoms with van der Waals surface area (Å²) in [6.45, 7) is 6.22. The third-order valence-corrected chi connectivity index (χ3v) is 8.11. The number of nitrogens with zero attached hydrogens (tertiary/aromatic N) is 4. The number of hydrogen-bond donors (Lipinski definition) is 0. The van der Waals surface area contributed by atoms with Gasteiger partial charge in [-0.1, -0.05) is 56.3 Å². The minimum Gasteiger partial charge on any atom is -0.489 e. The third kappa shape index (κ3) is 5.96. The second-order valence-electron chi connectivity index (χ2n) is 11.6. The summed E-state index contributed by atoms with van der Waals surface area (Å²) in [5, 5.41) is 4.59. The van der Waals surface area contributed by atoms with E-state index >= 15 is 0 Å². The first-order chi connectivity index (χ1) is 19.5. The van der Waals surface area contributed by atoms with E-state index in [0.717, 1.165) is 71.1 Å². The highest BCUT2D eigenvalue weighted by atomic mass is 16.5. The standard InChI is InChI=1S/C34H38N4O2/c1-24(2)32-17-16-28(19-35-32)38(22-27-18-36-37(21-27)20-25-14-15-25)34(39)31-12-6-11-30-29(31)10-7-13-33(30)40-23-26-8-4-3-5-9-26/h3-5,7-10,13,16-19,21,24-25,31H,6,11-12,14-15,20,22-23H2,1-2H3. The van der Waals surface area contributed by atoms with E-state index in [-0.39, 0.29) is 11.8 Å². The van der Waals surface area contributed by atoms with Crippen LogP contribution in [0.5, 0.6) is 5.75 Å². The van der Waals surface area contributed by atoms with E-state index in [1.165, 1.54) is 12.8 Å². The molecule has 0 bridgehead atoms. The highest BCUT2D eigenvalue weighted by Gasteiger charge is 2.33. The Morgan fingerprint density at radius 3 is 2.60 bits per heavy atom. The molecular weight excluding hydrogens is 496 g/mol. The van der Waals surface area contributed by atoms with Gasteiger partial charge in [0.15, 0.2) is 0 Å². The predicted octanol–water partition coefficient (Wildman–Crippen LogP) is 7.04.